The zero-order chi connectivity index (χ0) is 17.9. The van der Waals surface area contributed by atoms with Gasteiger partial charge in [0.05, 0.1) is 5.69 Å². The molecule has 0 unspecified atom stereocenters. The molecule has 0 radical (unpaired) electrons. The molecule has 25 heavy (non-hydrogen) atoms. The van der Waals surface area contributed by atoms with Gasteiger partial charge in [-0.15, -0.1) is 11.3 Å². The zero-order valence-corrected chi connectivity index (χ0v) is 14.9. The molecule has 3 aromatic rings. The Morgan fingerprint density at radius 1 is 1.12 bits per heavy atom. The van der Waals surface area contributed by atoms with Gasteiger partial charge < -0.3 is 5.32 Å². The lowest BCUT2D eigenvalue weighted by Gasteiger charge is -2.22. The van der Waals surface area contributed by atoms with Crippen LogP contribution in [0.3, 0.4) is 0 Å². The van der Waals surface area contributed by atoms with Crippen molar-refractivity contribution in [2.75, 3.05) is 5.32 Å². The molecule has 3 nitrogen and oxygen atoms in total. The summed E-state index contributed by atoms with van der Waals surface area (Å²) in [6.07, 6.45) is 0.649. The van der Waals surface area contributed by atoms with Crippen LogP contribution in [0.2, 0.25) is 0 Å². The van der Waals surface area contributed by atoms with Crippen LogP contribution in [0.4, 0.5) is 9.52 Å². The molecule has 1 amide bonds. The van der Waals surface area contributed by atoms with Gasteiger partial charge in [-0.3, -0.25) is 4.79 Å². The number of hydrogen-bond donors (Lipinski definition) is 1. The molecule has 5 heteroatoms. The van der Waals surface area contributed by atoms with E-state index in [0.29, 0.717) is 11.6 Å². The van der Waals surface area contributed by atoms with E-state index in [1.807, 2.05) is 49.6 Å². The number of thiazole rings is 1. The lowest BCUT2D eigenvalue weighted by molar-refractivity contribution is -0.123. The van der Waals surface area contributed by atoms with Gasteiger partial charge in [-0.1, -0.05) is 44.2 Å². The molecule has 0 aliphatic heterocycles. The van der Waals surface area contributed by atoms with Crippen LogP contribution in [-0.4, -0.2) is 10.9 Å². The highest BCUT2D eigenvalue weighted by molar-refractivity contribution is 7.14. The van der Waals surface area contributed by atoms with Crippen molar-refractivity contribution in [1.29, 1.82) is 0 Å². The third kappa shape index (κ3) is 4.31. The lowest BCUT2D eigenvalue weighted by atomic mass is 9.85. The Hall–Kier alpha value is -2.53. The van der Waals surface area contributed by atoms with E-state index in [1.54, 1.807) is 12.1 Å². The van der Waals surface area contributed by atoms with E-state index in [2.05, 4.69) is 10.3 Å². The van der Waals surface area contributed by atoms with E-state index in [4.69, 9.17) is 0 Å². The maximum Gasteiger partial charge on any atom is 0.232 e. The van der Waals surface area contributed by atoms with Crippen LogP contribution in [0, 0.1) is 11.2 Å². The van der Waals surface area contributed by atoms with Crippen molar-refractivity contribution in [1.82, 2.24) is 4.98 Å². The normalized spacial score (nSPS) is 11.3. The zero-order valence-electron chi connectivity index (χ0n) is 14.1. The average Bonchev–Trinajstić information content (AvgIpc) is 3.04. The van der Waals surface area contributed by atoms with Gasteiger partial charge in [0.25, 0.3) is 0 Å². The van der Waals surface area contributed by atoms with Gasteiger partial charge in [0.1, 0.15) is 5.82 Å². The quantitative estimate of drug-likeness (QED) is 0.688. The molecule has 1 aromatic heterocycles. The summed E-state index contributed by atoms with van der Waals surface area (Å²) in [4.78, 5) is 17.1. The highest BCUT2D eigenvalue weighted by Gasteiger charge is 2.28. The smallest absolute Gasteiger partial charge is 0.232 e. The van der Waals surface area contributed by atoms with Gasteiger partial charge in [-0.05, 0) is 36.2 Å². The Bertz CT molecular complexity index is 857. The van der Waals surface area contributed by atoms with Crippen LogP contribution >= 0.6 is 11.3 Å². The summed E-state index contributed by atoms with van der Waals surface area (Å²) in [6, 6.07) is 16.1. The fraction of sp³-hybridized carbons (Fsp3) is 0.200. The summed E-state index contributed by atoms with van der Waals surface area (Å²) in [6.45, 7) is 3.84. The van der Waals surface area contributed by atoms with Crippen molar-refractivity contribution in [3.8, 4) is 11.3 Å². The van der Waals surface area contributed by atoms with Crippen LogP contribution in [0.25, 0.3) is 11.3 Å². The van der Waals surface area contributed by atoms with Gasteiger partial charge in [-0.2, -0.15) is 0 Å². The molecule has 128 valence electrons. The Labute approximate surface area is 150 Å². The molecule has 0 saturated carbocycles. The first-order chi connectivity index (χ1) is 11.9. The highest BCUT2D eigenvalue weighted by Crippen LogP contribution is 2.28. The molecule has 3 rings (SSSR count). The first-order valence-electron chi connectivity index (χ1n) is 8.01. The Morgan fingerprint density at radius 3 is 2.48 bits per heavy atom. The van der Waals surface area contributed by atoms with Crippen molar-refractivity contribution in [3.05, 3.63) is 71.4 Å². The van der Waals surface area contributed by atoms with Gasteiger partial charge in [0.2, 0.25) is 5.91 Å². The first kappa shape index (κ1) is 17.3. The third-order valence-electron chi connectivity index (χ3n) is 3.97. The Kier molecular flexibility index (Phi) is 4.95. The van der Waals surface area contributed by atoms with Crippen molar-refractivity contribution in [2.45, 2.75) is 20.3 Å². The summed E-state index contributed by atoms with van der Waals surface area (Å²) >= 11 is 1.36. The van der Waals surface area contributed by atoms with Crippen molar-refractivity contribution >= 4 is 22.4 Å². The molecule has 2 aromatic carbocycles. The number of halogens is 1. The van der Waals surface area contributed by atoms with Crippen LogP contribution in [0.1, 0.15) is 19.4 Å². The van der Waals surface area contributed by atoms with E-state index in [1.165, 1.54) is 23.5 Å². The minimum absolute atomic E-state index is 0.0728. The van der Waals surface area contributed by atoms with E-state index >= 15 is 0 Å². The summed E-state index contributed by atoms with van der Waals surface area (Å²) in [5.41, 5.74) is 2.11. The maximum atomic E-state index is 13.0. The Balaban J connectivity index is 1.69. The molecule has 1 heterocycles. The number of anilines is 1. The third-order valence-corrected chi connectivity index (χ3v) is 4.73. The number of hydrogen-bond acceptors (Lipinski definition) is 3. The second kappa shape index (κ2) is 7.15. The number of nitrogens with zero attached hydrogens (tertiary/aromatic N) is 1. The first-order valence-corrected chi connectivity index (χ1v) is 8.89. The molecule has 0 saturated heterocycles. The van der Waals surface area contributed by atoms with E-state index < -0.39 is 5.41 Å². The molecule has 0 spiro atoms. The molecule has 0 atom stereocenters. The fourth-order valence-corrected chi connectivity index (χ4v) is 3.25. The highest BCUT2D eigenvalue weighted by atomic mass is 32.1. The SMILES string of the molecule is CC(C)(Cc1ccccc1)C(=O)Nc1nc(-c2ccc(F)cc2)cs1. The fourth-order valence-electron chi connectivity index (χ4n) is 2.54. The second-order valence-electron chi connectivity index (χ2n) is 6.55. The minimum atomic E-state index is -0.553. The monoisotopic (exact) mass is 354 g/mol. The summed E-state index contributed by atoms with van der Waals surface area (Å²) in [7, 11) is 0. The molecule has 1 N–H and O–H groups in total. The summed E-state index contributed by atoms with van der Waals surface area (Å²) < 4.78 is 13.0. The number of nitrogens with one attached hydrogen (secondary N) is 1. The second-order valence-corrected chi connectivity index (χ2v) is 7.40. The molecule has 0 bridgehead atoms. The van der Waals surface area contributed by atoms with E-state index in [-0.39, 0.29) is 11.7 Å². The number of carbonyl (C=O) groups excluding carboxylic acids is 1. The molecular formula is C20H19FN2OS. The maximum absolute atomic E-state index is 13.0. The van der Waals surface area contributed by atoms with Gasteiger partial charge >= 0.3 is 0 Å². The topological polar surface area (TPSA) is 42.0 Å². The predicted molar refractivity (Wildman–Crippen MR) is 100 cm³/mol. The number of amides is 1. The molecular weight excluding hydrogens is 335 g/mol. The van der Waals surface area contributed by atoms with Crippen LogP contribution < -0.4 is 5.32 Å². The van der Waals surface area contributed by atoms with Crippen molar-refractivity contribution in [3.63, 3.8) is 0 Å². The number of carbonyl (C=O) groups is 1. The van der Waals surface area contributed by atoms with Crippen LogP contribution in [0.15, 0.2) is 60.0 Å². The molecule has 0 aliphatic rings. The van der Waals surface area contributed by atoms with Crippen LogP contribution in [-0.2, 0) is 11.2 Å². The van der Waals surface area contributed by atoms with Gasteiger partial charge in [-0.25, -0.2) is 9.37 Å². The molecule has 0 aliphatic carbocycles. The van der Waals surface area contributed by atoms with Crippen molar-refractivity contribution in [2.24, 2.45) is 5.41 Å². The van der Waals surface area contributed by atoms with E-state index in [9.17, 15) is 9.18 Å². The largest absolute Gasteiger partial charge is 0.301 e. The predicted octanol–water partition coefficient (Wildman–Crippen LogP) is 5.16. The minimum Gasteiger partial charge on any atom is -0.301 e. The van der Waals surface area contributed by atoms with Gasteiger partial charge in [0.15, 0.2) is 5.13 Å². The van der Waals surface area contributed by atoms with E-state index in [0.717, 1.165) is 16.8 Å². The summed E-state index contributed by atoms with van der Waals surface area (Å²) in [5, 5.41) is 5.30. The number of rotatable bonds is 5. The van der Waals surface area contributed by atoms with Gasteiger partial charge in [0, 0.05) is 16.4 Å². The standard InChI is InChI=1S/C20H19FN2OS/c1-20(2,12-14-6-4-3-5-7-14)18(24)23-19-22-17(13-25-19)15-8-10-16(21)11-9-15/h3-11,13H,12H2,1-2H3,(H,22,23,24). The number of benzene rings is 2. The molecule has 0 fully saturated rings. The van der Waals surface area contributed by atoms with Crippen LogP contribution in [0.5, 0.6) is 0 Å². The Morgan fingerprint density at radius 2 is 1.80 bits per heavy atom. The average molecular weight is 354 g/mol. The van der Waals surface area contributed by atoms with Crippen molar-refractivity contribution < 1.29 is 9.18 Å². The number of aromatic nitrogens is 1. The summed E-state index contributed by atoms with van der Waals surface area (Å²) in [5.74, 6) is -0.355. The lowest BCUT2D eigenvalue weighted by Crippen LogP contribution is -2.32.